The average Bonchev–Trinajstić information content (AvgIpc) is 3.10. The molecular weight excluding hydrogens is 315 g/mol. The molecule has 0 saturated carbocycles. The zero-order chi connectivity index (χ0) is 16.8. The number of hydrogen-bond donors (Lipinski definition) is 2. The van der Waals surface area contributed by atoms with E-state index < -0.39 is 5.91 Å². The molecule has 0 aliphatic carbocycles. The van der Waals surface area contributed by atoms with Gasteiger partial charge in [0.05, 0.1) is 19.8 Å². The van der Waals surface area contributed by atoms with Crippen LogP contribution in [0.15, 0.2) is 28.8 Å². The SMILES string of the molecule is O=C(NCCC[NH+]1CCOCC1)c1nc(-c2ccc(F)cc2)no1. The van der Waals surface area contributed by atoms with E-state index in [-0.39, 0.29) is 17.5 Å². The van der Waals surface area contributed by atoms with Gasteiger partial charge in [0.2, 0.25) is 5.82 Å². The van der Waals surface area contributed by atoms with Crippen LogP contribution in [0.3, 0.4) is 0 Å². The summed E-state index contributed by atoms with van der Waals surface area (Å²) in [7, 11) is 0. The number of rotatable bonds is 6. The molecule has 2 N–H and O–H groups in total. The summed E-state index contributed by atoms with van der Waals surface area (Å²) in [4.78, 5) is 17.5. The fourth-order valence-corrected chi connectivity index (χ4v) is 2.56. The molecule has 0 radical (unpaired) electrons. The molecule has 0 unspecified atom stereocenters. The van der Waals surface area contributed by atoms with Crippen LogP contribution in [0, 0.1) is 5.82 Å². The first-order valence-electron chi connectivity index (χ1n) is 8.01. The number of quaternary nitrogens is 1. The molecule has 0 spiro atoms. The van der Waals surface area contributed by atoms with Gasteiger partial charge in [-0.05, 0) is 24.3 Å². The first-order valence-corrected chi connectivity index (χ1v) is 8.01. The Morgan fingerprint density at radius 2 is 2.00 bits per heavy atom. The quantitative estimate of drug-likeness (QED) is 0.721. The maximum Gasteiger partial charge on any atom is 0.316 e. The predicted octanol–water partition coefficient (Wildman–Crippen LogP) is -0.0893. The Bertz CT molecular complexity index is 668. The zero-order valence-corrected chi connectivity index (χ0v) is 13.3. The van der Waals surface area contributed by atoms with Crippen LogP contribution >= 0.6 is 0 Å². The van der Waals surface area contributed by atoms with Gasteiger partial charge in [0.15, 0.2) is 0 Å². The molecule has 1 aliphatic heterocycles. The highest BCUT2D eigenvalue weighted by Gasteiger charge is 2.17. The van der Waals surface area contributed by atoms with Crippen LogP contribution in [0.25, 0.3) is 11.4 Å². The predicted molar refractivity (Wildman–Crippen MR) is 83.0 cm³/mol. The second kappa shape index (κ2) is 7.98. The van der Waals surface area contributed by atoms with Crippen molar-refractivity contribution in [2.75, 3.05) is 39.4 Å². The minimum Gasteiger partial charge on any atom is -0.370 e. The molecule has 1 aromatic heterocycles. The third-order valence-electron chi connectivity index (χ3n) is 3.92. The van der Waals surface area contributed by atoms with E-state index in [0.29, 0.717) is 12.1 Å². The number of aromatic nitrogens is 2. The van der Waals surface area contributed by atoms with Crippen LogP contribution in [0.1, 0.15) is 17.1 Å². The zero-order valence-electron chi connectivity index (χ0n) is 13.3. The molecule has 1 amide bonds. The van der Waals surface area contributed by atoms with Gasteiger partial charge < -0.3 is 19.5 Å². The van der Waals surface area contributed by atoms with E-state index >= 15 is 0 Å². The maximum absolute atomic E-state index is 12.9. The van der Waals surface area contributed by atoms with E-state index in [1.807, 2.05) is 0 Å². The summed E-state index contributed by atoms with van der Waals surface area (Å²) in [6.45, 7) is 5.18. The molecular formula is C16H20FN4O3+. The van der Waals surface area contributed by atoms with Crippen molar-refractivity contribution in [1.29, 1.82) is 0 Å². The Morgan fingerprint density at radius 1 is 1.25 bits per heavy atom. The van der Waals surface area contributed by atoms with Gasteiger partial charge in [0, 0.05) is 18.5 Å². The fraction of sp³-hybridized carbons (Fsp3) is 0.438. The standard InChI is InChI=1S/C16H19FN4O3/c17-13-4-2-12(3-5-13)14-19-16(24-20-14)15(22)18-6-1-7-21-8-10-23-11-9-21/h2-5H,1,6-11H2,(H,18,22)/p+1. The lowest BCUT2D eigenvalue weighted by atomic mass is 10.2. The molecule has 3 rings (SSSR count). The molecule has 0 atom stereocenters. The normalized spacial score (nSPS) is 15.4. The topological polar surface area (TPSA) is 81.7 Å². The van der Waals surface area contributed by atoms with Crippen LogP contribution in [0.4, 0.5) is 4.39 Å². The monoisotopic (exact) mass is 335 g/mol. The summed E-state index contributed by atoms with van der Waals surface area (Å²) in [5, 5.41) is 6.52. The lowest BCUT2D eigenvalue weighted by molar-refractivity contribution is -0.908. The molecule has 1 saturated heterocycles. The van der Waals surface area contributed by atoms with Crippen molar-refractivity contribution in [2.24, 2.45) is 0 Å². The van der Waals surface area contributed by atoms with E-state index in [4.69, 9.17) is 9.26 Å². The molecule has 24 heavy (non-hydrogen) atoms. The Morgan fingerprint density at radius 3 is 2.75 bits per heavy atom. The van der Waals surface area contributed by atoms with E-state index in [1.54, 1.807) is 0 Å². The molecule has 0 bridgehead atoms. The van der Waals surface area contributed by atoms with Crippen molar-refractivity contribution in [3.8, 4) is 11.4 Å². The van der Waals surface area contributed by atoms with Gasteiger partial charge in [0.25, 0.3) is 0 Å². The maximum atomic E-state index is 12.9. The number of halogens is 1. The van der Waals surface area contributed by atoms with E-state index in [1.165, 1.54) is 29.2 Å². The summed E-state index contributed by atoms with van der Waals surface area (Å²) >= 11 is 0. The number of carbonyl (C=O) groups is 1. The highest BCUT2D eigenvalue weighted by molar-refractivity contribution is 5.89. The molecule has 1 fully saturated rings. The first-order chi connectivity index (χ1) is 11.7. The van der Waals surface area contributed by atoms with Crippen LogP contribution < -0.4 is 10.2 Å². The Hall–Kier alpha value is -2.32. The van der Waals surface area contributed by atoms with Crippen molar-refractivity contribution in [2.45, 2.75) is 6.42 Å². The number of carbonyl (C=O) groups excluding carboxylic acids is 1. The van der Waals surface area contributed by atoms with Crippen molar-refractivity contribution < 1.29 is 23.3 Å². The minimum absolute atomic E-state index is 0.0898. The highest BCUT2D eigenvalue weighted by Crippen LogP contribution is 2.15. The number of morpholine rings is 1. The van der Waals surface area contributed by atoms with Gasteiger partial charge in [0.1, 0.15) is 18.9 Å². The third kappa shape index (κ3) is 4.36. The summed E-state index contributed by atoms with van der Waals surface area (Å²) in [6.07, 6.45) is 0.875. The Balaban J connectivity index is 1.46. The van der Waals surface area contributed by atoms with Gasteiger partial charge in [-0.1, -0.05) is 5.16 Å². The molecule has 2 aromatic rings. The van der Waals surface area contributed by atoms with Crippen molar-refractivity contribution in [3.63, 3.8) is 0 Å². The molecule has 8 heteroatoms. The molecule has 128 valence electrons. The number of nitrogens with one attached hydrogen (secondary N) is 2. The van der Waals surface area contributed by atoms with Gasteiger partial charge in [-0.2, -0.15) is 4.98 Å². The number of ether oxygens (including phenoxy) is 1. The number of nitrogens with zero attached hydrogens (tertiary/aromatic N) is 2. The second-order valence-corrected chi connectivity index (χ2v) is 5.65. The lowest BCUT2D eigenvalue weighted by Crippen LogP contribution is -3.14. The molecule has 2 heterocycles. The smallest absolute Gasteiger partial charge is 0.316 e. The highest BCUT2D eigenvalue weighted by atomic mass is 19.1. The third-order valence-corrected chi connectivity index (χ3v) is 3.92. The second-order valence-electron chi connectivity index (χ2n) is 5.65. The van der Waals surface area contributed by atoms with Crippen LogP contribution in [-0.4, -0.2) is 55.4 Å². The fourth-order valence-electron chi connectivity index (χ4n) is 2.56. The Labute approximate surface area is 138 Å². The van der Waals surface area contributed by atoms with Gasteiger partial charge in [-0.25, -0.2) is 4.39 Å². The van der Waals surface area contributed by atoms with Crippen molar-refractivity contribution in [1.82, 2.24) is 15.5 Å². The lowest BCUT2D eigenvalue weighted by Gasteiger charge is -2.23. The van der Waals surface area contributed by atoms with Gasteiger partial charge in [-0.15, -0.1) is 0 Å². The molecule has 1 aromatic carbocycles. The minimum atomic E-state index is -0.396. The first kappa shape index (κ1) is 16.5. The molecule has 7 nitrogen and oxygen atoms in total. The number of hydrogen-bond acceptors (Lipinski definition) is 5. The summed E-state index contributed by atoms with van der Waals surface area (Å²) < 4.78 is 23.2. The largest absolute Gasteiger partial charge is 0.370 e. The van der Waals surface area contributed by atoms with Crippen molar-refractivity contribution >= 4 is 5.91 Å². The summed E-state index contributed by atoms with van der Waals surface area (Å²) in [6, 6.07) is 5.68. The summed E-state index contributed by atoms with van der Waals surface area (Å²) in [5.74, 6) is -0.568. The average molecular weight is 335 g/mol. The van der Waals surface area contributed by atoms with E-state index in [0.717, 1.165) is 39.3 Å². The van der Waals surface area contributed by atoms with Crippen LogP contribution in [-0.2, 0) is 4.74 Å². The Kier molecular flexibility index (Phi) is 5.50. The van der Waals surface area contributed by atoms with E-state index in [2.05, 4.69) is 15.5 Å². The van der Waals surface area contributed by atoms with Gasteiger partial charge in [-0.3, -0.25) is 4.79 Å². The number of benzene rings is 1. The number of amides is 1. The van der Waals surface area contributed by atoms with Crippen molar-refractivity contribution in [3.05, 3.63) is 36.0 Å². The van der Waals surface area contributed by atoms with E-state index in [9.17, 15) is 9.18 Å². The van der Waals surface area contributed by atoms with Gasteiger partial charge >= 0.3 is 11.8 Å². The van der Waals surface area contributed by atoms with Crippen LogP contribution in [0.5, 0.6) is 0 Å². The van der Waals surface area contributed by atoms with Crippen LogP contribution in [0.2, 0.25) is 0 Å². The summed E-state index contributed by atoms with van der Waals surface area (Å²) in [5.41, 5.74) is 0.593. The molecule has 1 aliphatic rings.